The van der Waals surface area contributed by atoms with Gasteiger partial charge in [-0.25, -0.2) is 0 Å². The molecule has 0 unspecified atom stereocenters. The van der Waals surface area contributed by atoms with E-state index in [-0.39, 0.29) is 31.3 Å². The van der Waals surface area contributed by atoms with E-state index in [4.69, 9.17) is 4.74 Å². The van der Waals surface area contributed by atoms with Gasteiger partial charge in [-0.2, -0.15) is 0 Å². The van der Waals surface area contributed by atoms with Crippen molar-refractivity contribution in [3.05, 3.63) is 36.0 Å². The van der Waals surface area contributed by atoms with E-state index in [1.54, 1.807) is 4.90 Å². The van der Waals surface area contributed by atoms with Crippen LogP contribution < -0.4 is 0 Å². The normalized spacial score (nSPS) is 25.4. The highest BCUT2D eigenvalue weighted by Gasteiger charge is 2.42. The number of fused-ring (bicyclic) bond motifs is 1. The van der Waals surface area contributed by atoms with Crippen LogP contribution >= 0.6 is 0 Å². The maximum atomic E-state index is 13.2. The molecule has 34 heavy (non-hydrogen) atoms. The van der Waals surface area contributed by atoms with Crippen LogP contribution in [0.15, 0.2) is 30.5 Å². The summed E-state index contributed by atoms with van der Waals surface area (Å²) >= 11 is 0. The summed E-state index contributed by atoms with van der Waals surface area (Å²) in [7, 11) is 2.05. The Morgan fingerprint density at radius 2 is 1.85 bits per heavy atom. The van der Waals surface area contributed by atoms with Gasteiger partial charge in [0, 0.05) is 30.2 Å². The van der Waals surface area contributed by atoms with Crippen LogP contribution in [0, 0.1) is 5.41 Å². The third-order valence-corrected chi connectivity index (χ3v) is 7.60. The minimum Gasteiger partial charge on any atom is -0.462 e. The average molecular weight is 472 g/mol. The van der Waals surface area contributed by atoms with Crippen LogP contribution in [0.5, 0.6) is 0 Å². The summed E-state index contributed by atoms with van der Waals surface area (Å²) in [5, 5.41) is 21.9. The largest absolute Gasteiger partial charge is 0.462 e. The second kappa shape index (κ2) is 10.9. The Morgan fingerprint density at radius 1 is 1.09 bits per heavy atom. The third-order valence-electron chi connectivity index (χ3n) is 7.60. The van der Waals surface area contributed by atoms with E-state index < -0.39 is 17.6 Å². The molecule has 1 aromatic carbocycles. The fourth-order valence-electron chi connectivity index (χ4n) is 5.19. The number of ether oxygens (including phenoxy) is 1. The number of hydrogen-bond acceptors (Lipinski definition) is 6. The molecule has 2 atom stereocenters. The predicted octanol–water partition coefficient (Wildman–Crippen LogP) is 2.09. The molecule has 1 spiro atoms. The number of likely N-dealkylation sites (tertiary alicyclic amines) is 1. The Kier molecular flexibility index (Phi) is 7.91. The first-order chi connectivity index (χ1) is 16.4. The number of carbonyl (C=O) groups excluding carboxylic acids is 2. The number of amides is 1. The number of rotatable bonds is 2. The Morgan fingerprint density at radius 3 is 2.65 bits per heavy atom. The Bertz CT molecular complexity index is 982. The minimum absolute atomic E-state index is 0.00245. The van der Waals surface area contributed by atoms with Gasteiger partial charge in [0.25, 0.3) is 0 Å². The number of cyclic esters (lactones) is 1. The van der Waals surface area contributed by atoms with Gasteiger partial charge in [0.2, 0.25) is 5.91 Å². The molecule has 3 heterocycles. The van der Waals surface area contributed by atoms with Gasteiger partial charge < -0.3 is 29.7 Å². The van der Waals surface area contributed by atoms with Crippen LogP contribution in [0.25, 0.3) is 10.9 Å². The molecule has 0 radical (unpaired) electrons. The second-order valence-electron chi connectivity index (χ2n) is 9.98. The first-order valence-electron chi connectivity index (χ1n) is 12.4. The third kappa shape index (κ3) is 5.62. The Hall–Kier alpha value is -2.42. The fraction of sp³-hybridized carbons (Fsp3) is 0.615. The molecule has 1 amide bonds. The van der Waals surface area contributed by atoms with Crippen molar-refractivity contribution in [1.82, 2.24) is 14.8 Å². The molecule has 0 aliphatic carbocycles. The number of nitrogens with one attached hydrogen (secondary N) is 1. The average Bonchev–Trinajstić information content (AvgIpc) is 3.25. The highest BCUT2D eigenvalue weighted by Crippen LogP contribution is 2.38. The summed E-state index contributed by atoms with van der Waals surface area (Å²) in [5.74, 6) is -0.263. The monoisotopic (exact) mass is 471 g/mol. The van der Waals surface area contributed by atoms with Crippen molar-refractivity contribution in [3.63, 3.8) is 0 Å². The number of hydrogen-bond donors (Lipinski definition) is 3. The number of piperidine rings is 1. The van der Waals surface area contributed by atoms with Crippen molar-refractivity contribution in [2.75, 3.05) is 39.8 Å². The molecule has 186 valence electrons. The van der Waals surface area contributed by atoms with Gasteiger partial charge in [0.1, 0.15) is 12.7 Å². The van der Waals surface area contributed by atoms with Gasteiger partial charge >= 0.3 is 5.97 Å². The summed E-state index contributed by atoms with van der Waals surface area (Å²) in [4.78, 5) is 33.5. The van der Waals surface area contributed by atoms with Crippen molar-refractivity contribution in [3.8, 4) is 0 Å². The van der Waals surface area contributed by atoms with Gasteiger partial charge in [-0.15, -0.1) is 0 Å². The quantitative estimate of drug-likeness (QED) is 0.579. The first kappa shape index (κ1) is 24.7. The zero-order valence-corrected chi connectivity index (χ0v) is 20.0. The minimum atomic E-state index is -1.17. The lowest BCUT2D eigenvalue weighted by Gasteiger charge is -2.39. The number of aliphatic hydroxyl groups is 2. The number of benzene rings is 1. The number of aliphatic hydroxyl groups excluding tert-OH is 2. The summed E-state index contributed by atoms with van der Waals surface area (Å²) in [6.07, 6.45) is 3.92. The standard InChI is InChI=1S/C26H37N3O5/c1-28-14-10-26(11-15-28)9-4-5-12-29(13-8-22(30)23(31)18-34-25(26)33)24(32)16-19-17-27-21-7-3-2-6-20(19)21/h2-3,6-7,17,22-23,27,30-31H,4-5,8-16,18H2,1H3/t22-,23+/m0/s1. The molecule has 2 fully saturated rings. The van der Waals surface area contributed by atoms with Gasteiger partial charge in [0.15, 0.2) is 0 Å². The number of nitrogens with zero attached hydrogens (tertiary/aromatic N) is 2. The van der Waals surface area contributed by atoms with E-state index in [2.05, 4.69) is 16.9 Å². The summed E-state index contributed by atoms with van der Waals surface area (Å²) in [5.41, 5.74) is 1.40. The highest BCUT2D eigenvalue weighted by atomic mass is 16.5. The zero-order valence-electron chi connectivity index (χ0n) is 20.0. The highest BCUT2D eigenvalue weighted by molar-refractivity contribution is 5.88. The van der Waals surface area contributed by atoms with Crippen molar-refractivity contribution >= 4 is 22.8 Å². The smallest absolute Gasteiger partial charge is 0.312 e. The molecule has 2 aliphatic heterocycles. The van der Waals surface area contributed by atoms with Crippen LogP contribution in [0.3, 0.4) is 0 Å². The molecule has 8 heteroatoms. The number of para-hydroxylation sites is 1. The van der Waals surface area contributed by atoms with Crippen molar-refractivity contribution < 1.29 is 24.5 Å². The number of esters is 1. The van der Waals surface area contributed by atoms with Gasteiger partial charge in [-0.05, 0) is 63.9 Å². The van der Waals surface area contributed by atoms with Crippen molar-refractivity contribution in [2.45, 2.75) is 57.2 Å². The molecule has 8 nitrogen and oxygen atoms in total. The van der Waals surface area contributed by atoms with Gasteiger partial charge in [0.05, 0.1) is 17.9 Å². The summed E-state index contributed by atoms with van der Waals surface area (Å²) < 4.78 is 5.50. The van der Waals surface area contributed by atoms with E-state index in [0.717, 1.165) is 55.2 Å². The summed E-state index contributed by atoms with van der Waals surface area (Å²) in [6, 6.07) is 7.92. The SMILES string of the molecule is CN1CCC2(CCCCN(C(=O)Cc3c[nH]c4ccccc34)CC[C@H](O)[C@H](O)COC2=O)CC1. The van der Waals surface area contributed by atoms with Crippen LogP contribution in [0.2, 0.25) is 0 Å². The molecule has 0 saturated carbocycles. The maximum Gasteiger partial charge on any atom is 0.312 e. The van der Waals surface area contributed by atoms with E-state index in [9.17, 15) is 19.8 Å². The molecular formula is C26H37N3O5. The Balaban J connectivity index is 1.46. The van der Waals surface area contributed by atoms with Crippen molar-refractivity contribution in [1.29, 1.82) is 0 Å². The molecule has 2 aliphatic rings. The molecule has 1 aromatic heterocycles. The van der Waals surface area contributed by atoms with E-state index in [0.29, 0.717) is 19.5 Å². The molecule has 4 rings (SSSR count). The number of carbonyl (C=O) groups is 2. The lowest BCUT2D eigenvalue weighted by Crippen LogP contribution is -2.45. The number of aromatic amines is 1. The molecule has 0 bridgehead atoms. The summed E-state index contributed by atoms with van der Waals surface area (Å²) in [6.45, 7) is 2.35. The van der Waals surface area contributed by atoms with Crippen LogP contribution in [-0.4, -0.2) is 88.9 Å². The van der Waals surface area contributed by atoms with Crippen LogP contribution in [-0.2, 0) is 20.7 Å². The molecule has 2 aromatic rings. The lowest BCUT2D eigenvalue weighted by molar-refractivity contribution is -0.164. The molecule has 2 saturated heterocycles. The van der Waals surface area contributed by atoms with Gasteiger partial charge in [-0.1, -0.05) is 24.6 Å². The second-order valence-corrected chi connectivity index (χ2v) is 9.98. The predicted molar refractivity (Wildman–Crippen MR) is 129 cm³/mol. The van der Waals surface area contributed by atoms with E-state index >= 15 is 0 Å². The van der Waals surface area contributed by atoms with Gasteiger partial charge in [-0.3, -0.25) is 9.59 Å². The van der Waals surface area contributed by atoms with Crippen molar-refractivity contribution in [2.24, 2.45) is 5.41 Å². The fourth-order valence-corrected chi connectivity index (χ4v) is 5.19. The lowest BCUT2D eigenvalue weighted by atomic mass is 9.74. The van der Waals surface area contributed by atoms with E-state index in [1.807, 2.05) is 30.5 Å². The Labute approximate surface area is 200 Å². The maximum absolute atomic E-state index is 13.2. The molecular weight excluding hydrogens is 434 g/mol. The number of aromatic nitrogens is 1. The van der Waals surface area contributed by atoms with Crippen LogP contribution in [0.1, 0.15) is 44.1 Å². The topological polar surface area (TPSA) is 106 Å². The zero-order chi connectivity index (χ0) is 24.1. The number of H-pyrrole nitrogens is 1. The van der Waals surface area contributed by atoms with Crippen LogP contribution in [0.4, 0.5) is 0 Å². The first-order valence-corrected chi connectivity index (χ1v) is 12.4. The van der Waals surface area contributed by atoms with E-state index in [1.165, 1.54) is 0 Å². The molecule has 3 N–H and O–H groups in total.